The first-order valence-corrected chi connectivity index (χ1v) is 12.2. The maximum absolute atomic E-state index is 13.0. The van der Waals surface area contributed by atoms with Crippen molar-refractivity contribution >= 4 is 59.0 Å². The van der Waals surface area contributed by atoms with Gasteiger partial charge in [0.1, 0.15) is 18.1 Å². The number of amides is 5. The average molecular weight is 550 g/mol. The summed E-state index contributed by atoms with van der Waals surface area (Å²) < 4.78 is 0. The van der Waals surface area contributed by atoms with E-state index in [1.54, 1.807) is 24.4 Å². The van der Waals surface area contributed by atoms with Gasteiger partial charge in [0.05, 0.1) is 12.5 Å². The number of aromatic amines is 1. The van der Waals surface area contributed by atoms with Gasteiger partial charge in [-0.1, -0.05) is 18.2 Å². The van der Waals surface area contributed by atoms with E-state index in [1.807, 2.05) is 6.07 Å². The smallest absolute Gasteiger partial charge is 0.326 e. The van der Waals surface area contributed by atoms with Crippen LogP contribution in [0.1, 0.15) is 24.8 Å². The summed E-state index contributed by atoms with van der Waals surface area (Å²) in [6.45, 7) is 0. The van der Waals surface area contributed by atoms with Crippen LogP contribution in [0.3, 0.4) is 0 Å². The molecule has 206 valence electrons. The largest absolute Gasteiger partial charge is 0.480 e. The van der Waals surface area contributed by atoms with Crippen molar-refractivity contribution in [3.63, 3.8) is 0 Å². The lowest BCUT2D eigenvalue weighted by molar-refractivity contribution is -0.142. The molecule has 0 aliphatic carbocycles. The number of carbonyl (C=O) groups is 6. The third kappa shape index (κ3) is 8.77. The standard InChI is InChI=1S/C23H31N7O7S/c24-13(10-38)20(33)28-15(5-6-18(25)31)21(34)29-16(8-19(26)32)22(35)30-17(23(36)37)7-11-9-27-14-4-2-1-3-12(11)14/h1-4,9,13,15-17,27,38H,5-8,10,24H2,(H2,25,31)(H2,26,32)(H,28,33)(H,29,34)(H,30,35)(H,36,37). The molecule has 1 heterocycles. The monoisotopic (exact) mass is 549 g/mol. The van der Waals surface area contributed by atoms with E-state index >= 15 is 0 Å². The summed E-state index contributed by atoms with van der Waals surface area (Å²) in [6.07, 6.45) is 0.351. The molecular formula is C23H31N7O7S. The van der Waals surface area contributed by atoms with Gasteiger partial charge in [-0.3, -0.25) is 24.0 Å². The van der Waals surface area contributed by atoms with Gasteiger partial charge >= 0.3 is 5.97 Å². The van der Waals surface area contributed by atoms with Crippen LogP contribution in [0.2, 0.25) is 0 Å². The second kappa shape index (κ2) is 14.0. The van der Waals surface area contributed by atoms with Gasteiger partial charge in [-0.25, -0.2) is 4.79 Å². The molecule has 14 nitrogen and oxygen atoms in total. The number of primary amides is 2. The van der Waals surface area contributed by atoms with Crippen molar-refractivity contribution in [2.75, 3.05) is 5.75 Å². The Hall–Kier alpha value is -4.11. The molecule has 0 saturated carbocycles. The molecule has 5 amide bonds. The number of nitrogens with two attached hydrogens (primary N) is 3. The zero-order valence-electron chi connectivity index (χ0n) is 20.3. The number of carboxylic acid groups (broad SMARTS) is 1. The van der Waals surface area contributed by atoms with Crippen molar-refractivity contribution < 1.29 is 33.9 Å². The molecule has 1 aromatic heterocycles. The zero-order valence-corrected chi connectivity index (χ0v) is 21.2. The lowest BCUT2D eigenvalue weighted by Crippen LogP contribution is -2.58. The molecule has 0 radical (unpaired) electrons. The van der Waals surface area contributed by atoms with Crippen LogP contribution >= 0.6 is 12.6 Å². The van der Waals surface area contributed by atoms with Crippen molar-refractivity contribution in [1.82, 2.24) is 20.9 Å². The Morgan fingerprint density at radius 2 is 1.50 bits per heavy atom. The Kier molecular flexibility index (Phi) is 11.1. The Balaban J connectivity index is 2.19. The molecule has 0 bridgehead atoms. The van der Waals surface area contributed by atoms with Gasteiger partial charge in [0, 0.05) is 35.7 Å². The number of aromatic nitrogens is 1. The van der Waals surface area contributed by atoms with Crippen LogP contribution in [0, 0.1) is 0 Å². The maximum atomic E-state index is 13.0. The van der Waals surface area contributed by atoms with Crippen molar-refractivity contribution in [1.29, 1.82) is 0 Å². The molecule has 2 aromatic rings. The number of thiol groups is 1. The third-order valence-electron chi connectivity index (χ3n) is 5.60. The van der Waals surface area contributed by atoms with Crippen molar-refractivity contribution in [3.05, 3.63) is 36.0 Å². The third-order valence-corrected chi connectivity index (χ3v) is 5.99. The second-order valence-electron chi connectivity index (χ2n) is 8.55. The number of fused-ring (bicyclic) bond motifs is 1. The minimum atomic E-state index is -1.57. The highest BCUT2D eigenvalue weighted by molar-refractivity contribution is 7.80. The summed E-state index contributed by atoms with van der Waals surface area (Å²) in [5.41, 5.74) is 17.4. The van der Waals surface area contributed by atoms with Crippen LogP contribution in [0.5, 0.6) is 0 Å². The number of rotatable bonds is 15. The fourth-order valence-corrected chi connectivity index (χ4v) is 3.76. The van der Waals surface area contributed by atoms with Crippen molar-refractivity contribution in [2.45, 2.75) is 49.9 Å². The normalized spacial score (nSPS) is 14.1. The van der Waals surface area contributed by atoms with Crippen molar-refractivity contribution in [3.8, 4) is 0 Å². The van der Waals surface area contributed by atoms with E-state index in [0.717, 1.165) is 10.9 Å². The molecule has 0 aliphatic rings. The molecule has 4 atom stereocenters. The summed E-state index contributed by atoms with van der Waals surface area (Å²) in [7, 11) is 0. The Bertz CT molecular complexity index is 1200. The lowest BCUT2D eigenvalue weighted by Gasteiger charge is -2.24. The topological polar surface area (TPSA) is 253 Å². The van der Waals surface area contributed by atoms with E-state index in [9.17, 15) is 33.9 Å². The number of benzene rings is 1. The number of aliphatic carboxylic acids is 1. The van der Waals surface area contributed by atoms with E-state index in [1.165, 1.54) is 0 Å². The molecule has 1 aromatic carbocycles. The first kappa shape index (κ1) is 30.1. The Morgan fingerprint density at radius 3 is 2.11 bits per heavy atom. The molecule has 11 N–H and O–H groups in total. The van der Waals surface area contributed by atoms with Crippen LogP contribution in [-0.4, -0.2) is 75.5 Å². The predicted molar refractivity (Wildman–Crippen MR) is 139 cm³/mol. The molecule has 0 spiro atoms. The summed E-state index contributed by atoms with van der Waals surface area (Å²) in [4.78, 5) is 75.9. The summed E-state index contributed by atoms with van der Waals surface area (Å²) in [5.74, 6) is -5.75. The Labute approximate surface area is 222 Å². The van der Waals surface area contributed by atoms with Gasteiger partial charge < -0.3 is 43.2 Å². The number of H-pyrrole nitrogens is 1. The van der Waals surface area contributed by atoms with E-state index in [-0.39, 0.29) is 25.0 Å². The van der Waals surface area contributed by atoms with Crippen LogP contribution in [0.4, 0.5) is 0 Å². The van der Waals surface area contributed by atoms with Crippen LogP contribution < -0.4 is 33.2 Å². The highest BCUT2D eigenvalue weighted by atomic mass is 32.1. The average Bonchev–Trinajstić information content (AvgIpc) is 3.27. The molecular weight excluding hydrogens is 518 g/mol. The second-order valence-corrected chi connectivity index (χ2v) is 8.92. The summed E-state index contributed by atoms with van der Waals surface area (Å²) >= 11 is 3.92. The van der Waals surface area contributed by atoms with Gasteiger partial charge in [0.15, 0.2) is 0 Å². The van der Waals surface area contributed by atoms with E-state index in [0.29, 0.717) is 5.56 Å². The minimum Gasteiger partial charge on any atom is -0.480 e. The molecule has 15 heteroatoms. The fourth-order valence-electron chi connectivity index (χ4n) is 3.59. The molecule has 2 rings (SSSR count). The number of hydrogen-bond acceptors (Lipinski definition) is 8. The van der Waals surface area contributed by atoms with Crippen molar-refractivity contribution in [2.24, 2.45) is 17.2 Å². The minimum absolute atomic E-state index is 0.0320. The van der Waals surface area contributed by atoms with Crippen LogP contribution in [0.25, 0.3) is 10.9 Å². The van der Waals surface area contributed by atoms with Gasteiger partial charge in [0.25, 0.3) is 0 Å². The number of para-hydroxylation sites is 1. The number of carboxylic acids is 1. The fraction of sp³-hybridized carbons (Fsp3) is 0.391. The van der Waals surface area contributed by atoms with E-state index in [2.05, 4.69) is 33.6 Å². The number of hydrogen-bond donors (Lipinski definition) is 9. The quantitative estimate of drug-likeness (QED) is 0.108. The van der Waals surface area contributed by atoms with Crippen LogP contribution in [0.15, 0.2) is 30.5 Å². The molecule has 38 heavy (non-hydrogen) atoms. The van der Waals surface area contributed by atoms with Gasteiger partial charge in [-0.2, -0.15) is 12.6 Å². The first-order chi connectivity index (χ1) is 17.9. The molecule has 4 unspecified atom stereocenters. The highest BCUT2D eigenvalue weighted by Crippen LogP contribution is 2.19. The van der Waals surface area contributed by atoms with Gasteiger partial charge in [0.2, 0.25) is 29.5 Å². The summed E-state index contributed by atoms with van der Waals surface area (Å²) in [5, 5.41) is 17.4. The number of nitrogens with one attached hydrogen (secondary N) is 4. The Morgan fingerprint density at radius 1 is 0.895 bits per heavy atom. The highest BCUT2D eigenvalue weighted by Gasteiger charge is 2.31. The predicted octanol–water partition coefficient (Wildman–Crippen LogP) is -2.35. The van der Waals surface area contributed by atoms with Gasteiger partial charge in [-0.15, -0.1) is 0 Å². The zero-order chi connectivity index (χ0) is 28.4. The van der Waals surface area contributed by atoms with Gasteiger partial charge in [-0.05, 0) is 18.1 Å². The van der Waals surface area contributed by atoms with E-state index in [4.69, 9.17) is 17.2 Å². The van der Waals surface area contributed by atoms with E-state index < -0.39 is 66.1 Å². The lowest BCUT2D eigenvalue weighted by atomic mass is 10.0. The molecule has 0 saturated heterocycles. The first-order valence-electron chi connectivity index (χ1n) is 11.5. The SMILES string of the molecule is NC(=O)CCC(NC(=O)C(N)CS)C(=O)NC(CC(N)=O)C(=O)NC(Cc1c[nH]c2ccccc12)C(=O)O. The summed E-state index contributed by atoms with van der Waals surface area (Å²) in [6, 6.07) is 1.80. The molecule has 0 fully saturated rings. The molecule has 0 aliphatic heterocycles. The number of carbonyl (C=O) groups excluding carboxylic acids is 5. The van der Waals surface area contributed by atoms with Crippen LogP contribution in [-0.2, 0) is 35.2 Å². The maximum Gasteiger partial charge on any atom is 0.326 e.